The Morgan fingerprint density at radius 3 is 1.56 bits per heavy atom. The maximum absolute atomic E-state index is 3.29. The van der Waals surface area contributed by atoms with Crippen molar-refractivity contribution in [2.45, 2.75) is 25.2 Å². The third-order valence-corrected chi connectivity index (χ3v) is 2.89. The lowest BCUT2D eigenvalue weighted by molar-refractivity contribution is 0.428. The van der Waals surface area contributed by atoms with Gasteiger partial charge in [0, 0.05) is 12.4 Å². The van der Waals surface area contributed by atoms with E-state index in [9.17, 15) is 0 Å². The maximum atomic E-state index is 3.29. The van der Waals surface area contributed by atoms with Gasteiger partial charge in [-0.05, 0) is 50.6 Å². The fraction of sp³-hybridized carbons (Fsp3) is 0.286. The highest BCUT2D eigenvalue weighted by molar-refractivity contribution is 5.19. The Kier molecular flexibility index (Phi) is 3.46. The molecule has 0 saturated carbocycles. The van der Waals surface area contributed by atoms with Gasteiger partial charge in [0.2, 0.25) is 0 Å². The molecule has 0 aliphatic carbocycles. The maximum Gasteiger partial charge on any atom is 0.124 e. The minimum Gasteiger partial charge on any atom is -0.366 e. The summed E-state index contributed by atoms with van der Waals surface area (Å²) in [6, 6.07) is 0. The zero-order valence-electron chi connectivity index (χ0n) is 10.8. The molecule has 0 aromatic heterocycles. The third kappa shape index (κ3) is 3.20. The fourth-order valence-corrected chi connectivity index (χ4v) is 1.75. The first-order chi connectivity index (χ1) is 8.62. The Morgan fingerprint density at radius 1 is 0.778 bits per heavy atom. The molecule has 4 nitrogen and oxygen atoms in total. The van der Waals surface area contributed by atoms with Crippen molar-refractivity contribution in [1.82, 2.24) is 21.3 Å². The van der Waals surface area contributed by atoms with Crippen molar-refractivity contribution in [3.63, 3.8) is 0 Å². The molecule has 2 aliphatic rings. The van der Waals surface area contributed by atoms with Crippen molar-refractivity contribution < 1.29 is 0 Å². The summed E-state index contributed by atoms with van der Waals surface area (Å²) in [4.78, 5) is 0. The molecule has 0 aromatic rings. The molecule has 2 atom stereocenters. The molecule has 0 radical (unpaired) electrons. The quantitative estimate of drug-likeness (QED) is 0.604. The molecular weight excluding hydrogens is 224 g/mol. The molecule has 0 bridgehead atoms. The molecule has 2 heterocycles. The van der Waals surface area contributed by atoms with Crippen LogP contribution in [0.25, 0.3) is 0 Å². The summed E-state index contributed by atoms with van der Waals surface area (Å²) in [5, 5.41) is 13.1. The van der Waals surface area contributed by atoms with Crippen LogP contribution in [0.1, 0.15) is 13.8 Å². The Morgan fingerprint density at radius 2 is 1.22 bits per heavy atom. The van der Waals surface area contributed by atoms with E-state index in [-0.39, 0.29) is 11.3 Å². The smallest absolute Gasteiger partial charge is 0.124 e. The standard InChI is InChI=1S/C14H20N4/c1-13(7-3-5-9-15-13)17-11-12-18-14(2)8-4-6-10-16-14/h3-12,15-18H,1-2H3/b12-11+. The largest absolute Gasteiger partial charge is 0.366 e. The lowest BCUT2D eigenvalue weighted by atomic mass is 10.1. The molecule has 0 amide bonds. The van der Waals surface area contributed by atoms with E-state index in [0.29, 0.717) is 0 Å². The molecule has 96 valence electrons. The Hall–Kier alpha value is -2.10. The molecule has 4 N–H and O–H groups in total. The van der Waals surface area contributed by atoms with Crippen LogP contribution in [0.2, 0.25) is 0 Å². The van der Waals surface area contributed by atoms with Gasteiger partial charge in [0.25, 0.3) is 0 Å². The van der Waals surface area contributed by atoms with Crippen LogP contribution in [0.5, 0.6) is 0 Å². The number of hydrogen-bond donors (Lipinski definition) is 4. The zero-order valence-corrected chi connectivity index (χ0v) is 10.8. The predicted molar refractivity (Wildman–Crippen MR) is 75.1 cm³/mol. The minimum atomic E-state index is -0.233. The van der Waals surface area contributed by atoms with Gasteiger partial charge in [-0.3, -0.25) is 0 Å². The molecule has 0 aromatic carbocycles. The summed E-state index contributed by atoms with van der Waals surface area (Å²) in [5.74, 6) is 0. The van der Waals surface area contributed by atoms with Crippen LogP contribution in [0, 0.1) is 0 Å². The van der Waals surface area contributed by atoms with Crippen molar-refractivity contribution in [2.24, 2.45) is 0 Å². The van der Waals surface area contributed by atoms with Crippen molar-refractivity contribution in [3.8, 4) is 0 Å². The first-order valence-electron chi connectivity index (χ1n) is 6.07. The van der Waals surface area contributed by atoms with E-state index in [0.717, 1.165) is 0 Å². The van der Waals surface area contributed by atoms with E-state index in [1.165, 1.54) is 0 Å². The molecule has 2 aliphatic heterocycles. The van der Waals surface area contributed by atoms with Gasteiger partial charge < -0.3 is 21.3 Å². The molecule has 2 rings (SSSR count). The van der Waals surface area contributed by atoms with Gasteiger partial charge in [0.05, 0.1) is 0 Å². The highest BCUT2D eigenvalue weighted by Gasteiger charge is 2.18. The summed E-state index contributed by atoms with van der Waals surface area (Å²) >= 11 is 0. The number of dihydropyridines is 2. The second-order valence-electron chi connectivity index (χ2n) is 4.75. The summed E-state index contributed by atoms with van der Waals surface area (Å²) in [7, 11) is 0. The lowest BCUT2D eigenvalue weighted by Gasteiger charge is -2.31. The van der Waals surface area contributed by atoms with Crippen LogP contribution >= 0.6 is 0 Å². The monoisotopic (exact) mass is 244 g/mol. The van der Waals surface area contributed by atoms with Crippen molar-refractivity contribution in [2.75, 3.05) is 0 Å². The van der Waals surface area contributed by atoms with Crippen LogP contribution in [0.4, 0.5) is 0 Å². The molecule has 2 unspecified atom stereocenters. The summed E-state index contributed by atoms with van der Waals surface area (Å²) in [6.07, 6.45) is 19.7. The van der Waals surface area contributed by atoms with Crippen LogP contribution in [-0.4, -0.2) is 11.3 Å². The molecule has 0 fully saturated rings. The van der Waals surface area contributed by atoms with Crippen LogP contribution in [0.3, 0.4) is 0 Å². The van der Waals surface area contributed by atoms with Crippen molar-refractivity contribution in [3.05, 3.63) is 61.3 Å². The van der Waals surface area contributed by atoms with Gasteiger partial charge in [0.1, 0.15) is 11.3 Å². The second-order valence-corrected chi connectivity index (χ2v) is 4.75. The van der Waals surface area contributed by atoms with E-state index >= 15 is 0 Å². The van der Waals surface area contributed by atoms with E-state index in [1.807, 2.05) is 49.1 Å². The summed E-state index contributed by atoms with van der Waals surface area (Å²) in [6.45, 7) is 4.14. The Labute approximate surface area is 108 Å². The van der Waals surface area contributed by atoms with Crippen molar-refractivity contribution >= 4 is 0 Å². The summed E-state index contributed by atoms with van der Waals surface area (Å²) in [5.41, 5.74) is -0.465. The number of rotatable bonds is 4. The Bertz CT molecular complexity index is 393. The normalized spacial score (nSPS) is 33.2. The second kappa shape index (κ2) is 5.04. The highest BCUT2D eigenvalue weighted by atomic mass is 15.2. The number of allylic oxidation sites excluding steroid dienone is 4. The number of hydrogen-bond acceptors (Lipinski definition) is 4. The van der Waals surface area contributed by atoms with E-state index < -0.39 is 0 Å². The van der Waals surface area contributed by atoms with E-state index in [2.05, 4.69) is 47.3 Å². The van der Waals surface area contributed by atoms with Crippen LogP contribution in [0.15, 0.2) is 61.3 Å². The average Bonchev–Trinajstić information content (AvgIpc) is 2.37. The molecule has 0 saturated heterocycles. The zero-order chi connectivity index (χ0) is 12.9. The number of nitrogens with one attached hydrogen (secondary N) is 4. The van der Waals surface area contributed by atoms with Crippen LogP contribution in [-0.2, 0) is 0 Å². The first-order valence-corrected chi connectivity index (χ1v) is 6.07. The summed E-state index contributed by atoms with van der Waals surface area (Å²) < 4.78 is 0. The van der Waals surface area contributed by atoms with Gasteiger partial charge in [0.15, 0.2) is 0 Å². The fourth-order valence-electron chi connectivity index (χ4n) is 1.75. The average molecular weight is 244 g/mol. The van der Waals surface area contributed by atoms with Crippen LogP contribution < -0.4 is 21.3 Å². The van der Waals surface area contributed by atoms with E-state index in [4.69, 9.17) is 0 Å². The SMILES string of the molecule is CC1(N/C=C/NC2(C)C=CC=CN2)C=CC=CN1. The van der Waals surface area contributed by atoms with Gasteiger partial charge in [-0.25, -0.2) is 0 Å². The minimum absolute atomic E-state index is 0.233. The van der Waals surface area contributed by atoms with Gasteiger partial charge >= 0.3 is 0 Å². The predicted octanol–water partition coefficient (Wildman–Crippen LogP) is 1.42. The van der Waals surface area contributed by atoms with Gasteiger partial charge in [-0.15, -0.1) is 0 Å². The molecular formula is C14H20N4. The highest BCUT2D eigenvalue weighted by Crippen LogP contribution is 2.07. The Balaban J connectivity index is 1.82. The molecule has 4 heteroatoms. The van der Waals surface area contributed by atoms with E-state index in [1.54, 1.807) is 0 Å². The lowest BCUT2D eigenvalue weighted by Crippen LogP contribution is -2.51. The van der Waals surface area contributed by atoms with Crippen molar-refractivity contribution in [1.29, 1.82) is 0 Å². The molecule has 0 spiro atoms. The topological polar surface area (TPSA) is 48.1 Å². The van der Waals surface area contributed by atoms with Gasteiger partial charge in [-0.2, -0.15) is 0 Å². The first kappa shape index (κ1) is 12.4. The van der Waals surface area contributed by atoms with Gasteiger partial charge in [-0.1, -0.05) is 12.2 Å². The molecule has 18 heavy (non-hydrogen) atoms. The third-order valence-electron chi connectivity index (χ3n) is 2.89.